The number of aromatic nitrogens is 3. The zero-order chi connectivity index (χ0) is 16.4. The van der Waals surface area contributed by atoms with Crippen molar-refractivity contribution >= 4 is 22.7 Å². The van der Waals surface area contributed by atoms with Gasteiger partial charge in [0.25, 0.3) is 0 Å². The van der Waals surface area contributed by atoms with Crippen LogP contribution in [0.2, 0.25) is 0 Å². The van der Waals surface area contributed by atoms with E-state index in [0.29, 0.717) is 11.7 Å². The van der Waals surface area contributed by atoms with Crippen molar-refractivity contribution in [3.63, 3.8) is 0 Å². The Bertz CT molecular complexity index is 935. The molecule has 0 bridgehead atoms. The van der Waals surface area contributed by atoms with Gasteiger partial charge in [0.05, 0.1) is 30.2 Å². The zero-order valence-electron chi connectivity index (χ0n) is 12.9. The van der Waals surface area contributed by atoms with E-state index in [1.165, 1.54) is 6.33 Å². The number of fused-ring (bicyclic) bond motifs is 3. The largest absolute Gasteiger partial charge is 0.396 e. The quantitative estimate of drug-likeness (QED) is 0.632. The summed E-state index contributed by atoms with van der Waals surface area (Å²) in [5, 5.41) is 27.0. The minimum atomic E-state index is -0.909. The molecule has 124 valence electrons. The molecule has 5 unspecified atom stereocenters. The van der Waals surface area contributed by atoms with E-state index in [4.69, 9.17) is 10.5 Å². The Morgan fingerprint density at radius 1 is 1.42 bits per heavy atom. The van der Waals surface area contributed by atoms with E-state index in [9.17, 15) is 10.2 Å². The van der Waals surface area contributed by atoms with Crippen molar-refractivity contribution < 1.29 is 14.9 Å². The SMILES string of the molecule is CN1N=C(N)c2cn([C@@H]3C4OC5C(CO)C5(O)C43)c3ncnc1c23. The van der Waals surface area contributed by atoms with Crippen LogP contribution in [0.15, 0.2) is 17.6 Å². The van der Waals surface area contributed by atoms with Crippen LogP contribution in [0.3, 0.4) is 0 Å². The highest BCUT2D eigenvalue weighted by atomic mass is 16.6. The van der Waals surface area contributed by atoms with E-state index in [1.807, 2.05) is 10.8 Å². The summed E-state index contributed by atoms with van der Waals surface area (Å²) in [4.78, 5) is 8.74. The van der Waals surface area contributed by atoms with Crippen molar-refractivity contribution in [2.75, 3.05) is 18.7 Å². The molecule has 0 amide bonds. The first-order valence-electron chi connectivity index (χ1n) is 7.99. The number of aliphatic hydroxyl groups is 2. The number of nitrogens with zero attached hydrogens (tertiary/aromatic N) is 5. The Balaban J connectivity index is 1.49. The maximum absolute atomic E-state index is 10.8. The van der Waals surface area contributed by atoms with Crippen molar-refractivity contribution in [1.29, 1.82) is 0 Å². The summed E-state index contributed by atoms with van der Waals surface area (Å²) < 4.78 is 7.94. The summed E-state index contributed by atoms with van der Waals surface area (Å²) in [6, 6.07) is -0.00185. The highest BCUT2D eigenvalue weighted by Gasteiger charge is 2.85. The molecule has 6 atom stereocenters. The molecule has 9 heteroatoms. The molecule has 4 N–H and O–H groups in total. The third kappa shape index (κ3) is 1.21. The van der Waals surface area contributed by atoms with Crippen molar-refractivity contribution in [3.8, 4) is 0 Å². The van der Waals surface area contributed by atoms with E-state index in [2.05, 4.69) is 15.1 Å². The zero-order valence-corrected chi connectivity index (χ0v) is 12.9. The number of ether oxygens (including phenoxy) is 1. The van der Waals surface area contributed by atoms with Crippen LogP contribution in [0.1, 0.15) is 11.6 Å². The van der Waals surface area contributed by atoms with Crippen LogP contribution < -0.4 is 10.7 Å². The maximum Gasteiger partial charge on any atom is 0.162 e. The molecule has 2 aromatic rings. The first-order valence-corrected chi connectivity index (χ1v) is 7.99. The molecule has 2 aliphatic carbocycles. The van der Waals surface area contributed by atoms with Gasteiger partial charge in [-0.2, -0.15) is 5.10 Å². The second kappa shape index (κ2) is 3.71. The molecule has 4 aliphatic rings. The van der Waals surface area contributed by atoms with Gasteiger partial charge in [0.2, 0.25) is 0 Å². The molecule has 0 spiro atoms. The van der Waals surface area contributed by atoms with Crippen LogP contribution in [-0.4, -0.2) is 62.0 Å². The summed E-state index contributed by atoms with van der Waals surface area (Å²) in [6.45, 7) is -0.0501. The monoisotopic (exact) mass is 328 g/mol. The predicted octanol–water partition coefficient (Wildman–Crippen LogP) is -1.21. The molecule has 3 fully saturated rings. The van der Waals surface area contributed by atoms with E-state index < -0.39 is 5.60 Å². The van der Waals surface area contributed by atoms with Gasteiger partial charge < -0.3 is 25.3 Å². The second-order valence-corrected chi connectivity index (χ2v) is 7.07. The lowest BCUT2D eigenvalue weighted by Gasteiger charge is -2.18. The molecule has 0 aromatic carbocycles. The number of aliphatic hydroxyl groups excluding tert-OH is 1. The van der Waals surface area contributed by atoms with Crippen molar-refractivity contribution in [3.05, 3.63) is 18.1 Å². The van der Waals surface area contributed by atoms with E-state index in [-0.39, 0.29) is 36.7 Å². The lowest BCUT2D eigenvalue weighted by molar-refractivity contribution is 0.0655. The van der Waals surface area contributed by atoms with Gasteiger partial charge in [-0.25, -0.2) is 15.0 Å². The third-order valence-corrected chi connectivity index (χ3v) is 6.01. The number of amidine groups is 1. The maximum atomic E-state index is 10.8. The predicted molar refractivity (Wildman–Crippen MR) is 83.4 cm³/mol. The second-order valence-electron chi connectivity index (χ2n) is 7.07. The molecule has 2 aromatic heterocycles. The molecule has 2 aliphatic heterocycles. The number of hydrogen-bond acceptors (Lipinski definition) is 8. The fraction of sp³-hybridized carbons (Fsp3) is 0.533. The Hall–Kier alpha value is -2.23. The molecule has 0 radical (unpaired) electrons. The smallest absolute Gasteiger partial charge is 0.162 e. The van der Waals surface area contributed by atoms with Crippen LogP contribution in [0, 0.1) is 11.8 Å². The van der Waals surface area contributed by atoms with Gasteiger partial charge in [-0.1, -0.05) is 0 Å². The van der Waals surface area contributed by atoms with E-state index in [0.717, 1.165) is 16.6 Å². The molecular formula is C15H16N6O3. The lowest BCUT2D eigenvalue weighted by atomic mass is 10.1. The molecule has 1 saturated heterocycles. The molecule has 6 rings (SSSR count). The normalized spacial score (nSPS) is 41.2. The van der Waals surface area contributed by atoms with Crippen molar-refractivity contribution in [1.82, 2.24) is 14.5 Å². The average Bonchev–Trinajstić information content (AvgIpc) is 3.32. The highest BCUT2D eigenvalue weighted by Crippen LogP contribution is 2.72. The average molecular weight is 328 g/mol. The topological polar surface area (TPSA) is 122 Å². The van der Waals surface area contributed by atoms with E-state index in [1.54, 1.807) is 12.1 Å². The van der Waals surface area contributed by atoms with Gasteiger partial charge in [-0.05, 0) is 0 Å². The van der Waals surface area contributed by atoms with Gasteiger partial charge in [0.15, 0.2) is 11.7 Å². The van der Waals surface area contributed by atoms with Crippen LogP contribution >= 0.6 is 0 Å². The molecule has 24 heavy (non-hydrogen) atoms. The fourth-order valence-corrected chi connectivity index (χ4v) is 4.78. The van der Waals surface area contributed by atoms with Crippen LogP contribution in [0.5, 0.6) is 0 Å². The summed E-state index contributed by atoms with van der Waals surface area (Å²) in [5.41, 5.74) is 6.74. The molecule has 9 nitrogen and oxygen atoms in total. The van der Waals surface area contributed by atoms with Crippen LogP contribution in [0.25, 0.3) is 11.0 Å². The number of hydrogen-bond donors (Lipinski definition) is 3. The Kier molecular flexibility index (Phi) is 2.03. The van der Waals surface area contributed by atoms with Crippen LogP contribution in [0.4, 0.5) is 5.82 Å². The van der Waals surface area contributed by atoms with Crippen molar-refractivity contribution in [2.45, 2.75) is 23.9 Å². The molecule has 2 saturated carbocycles. The summed E-state index contributed by atoms with van der Waals surface area (Å²) in [6.07, 6.45) is 3.17. The summed E-state index contributed by atoms with van der Waals surface area (Å²) >= 11 is 0. The first-order chi connectivity index (χ1) is 11.6. The van der Waals surface area contributed by atoms with Crippen LogP contribution in [-0.2, 0) is 4.74 Å². The first kappa shape index (κ1) is 13.1. The standard InChI is InChI=1S/C15H16N6O3/c1-20-13-7-5(12(16)19-20)2-21(14(7)18-4-17-13)9-8-10(9)24-11-6(3-22)15(8,11)23/h2,4,6,8-11,22-23H,3H2,1H3,(H2,16,19)/t6?,8?,9-,10?,11?,15?/m0/s1. The fourth-order valence-electron chi connectivity index (χ4n) is 4.78. The van der Waals surface area contributed by atoms with Crippen molar-refractivity contribution in [2.24, 2.45) is 22.7 Å². The Labute approximate surface area is 136 Å². The highest BCUT2D eigenvalue weighted by molar-refractivity contribution is 6.13. The van der Waals surface area contributed by atoms with Gasteiger partial charge in [-0.3, -0.25) is 0 Å². The van der Waals surface area contributed by atoms with Gasteiger partial charge >= 0.3 is 0 Å². The number of hydrazone groups is 1. The lowest BCUT2D eigenvalue weighted by Crippen LogP contribution is -2.25. The number of anilines is 1. The molecular weight excluding hydrogens is 312 g/mol. The Morgan fingerprint density at radius 3 is 3.04 bits per heavy atom. The minimum Gasteiger partial charge on any atom is -0.396 e. The van der Waals surface area contributed by atoms with Gasteiger partial charge in [0, 0.05) is 30.6 Å². The van der Waals surface area contributed by atoms with Gasteiger partial charge in [-0.15, -0.1) is 0 Å². The third-order valence-electron chi connectivity index (χ3n) is 6.01. The number of rotatable bonds is 2. The minimum absolute atomic E-state index is 0.00185. The van der Waals surface area contributed by atoms with E-state index >= 15 is 0 Å². The van der Waals surface area contributed by atoms with Gasteiger partial charge in [0.1, 0.15) is 17.6 Å². The number of nitrogens with two attached hydrogens (primary N) is 1. The summed E-state index contributed by atoms with van der Waals surface area (Å²) in [5.74, 6) is 0.944. The molecule has 4 heterocycles. The Morgan fingerprint density at radius 2 is 2.25 bits per heavy atom. The summed E-state index contributed by atoms with van der Waals surface area (Å²) in [7, 11) is 1.80.